The molecule has 0 N–H and O–H groups in total. The van der Waals surface area contributed by atoms with Gasteiger partial charge in [0.2, 0.25) is 0 Å². The molecular weight excluding hydrogens is 460 g/mol. The average molecular weight is 485 g/mol. The first-order chi connectivity index (χ1) is 16.5. The number of amides is 2. The number of hydrogen-bond donors (Lipinski definition) is 0. The van der Waals surface area contributed by atoms with Gasteiger partial charge in [0.05, 0.1) is 11.4 Å². The Hall–Kier alpha value is -3.48. The van der Waals surface area contributed by atoms with Crippen molar-refractivity contribution in [2.24, 2.45) is 0 Å². The summed E-state index contributed by atoms with van der Waals surface area (Å²) in [5, 5.41) is 0. The summed E-state index contributed by atoms with van der Waals surface area (Å²) in [6.45, 7) is 3.98. The molecule has 0 aliphatic heterocycles. The fourth-order valence-corrected chi connectivity index (χ4v) is 5.11. The maximum Gasteiger partial charge on any atom is 0.328 e. The quantitative estimate of drug-likeness (QED) is 0.216. The Kier molecular flexibility index (Phi) is 7.72. The highest BCUT2D eigenvalue weighted by Gasteiger charge is 2.31. The second-order valence-electron chi connectivity index (χ2n) is 7.58. The topological polar surface area (TPSA) is 40.6 Å². The Morgan fingerprint density at radius 2 is 0.824 bits per heavy atom. The summed E-state index contributed by atoms with van der Waals surface area (Å²) in [4.78, 5) is 29.3. The van der Waals surface area contributed by atoms with E-state index >= 15 is 0 Å². The Labute approximate surface area is 208 Å². The number of aryl methyl sites for hydroxylation is 2. The zero-order valence-electron chi connectivity index (χ0n) is 18.9. The summed E-state index contributed by atoms with van der Waals surface area (Å²) in [6, 6.07) is 34.2. The molecule has 0 aliphatic rings. The molecule has 4 aromatic carbocycles. The zero-order chi connectivity index (χ0) is 23.9. The third-order valence-electron chi connectivity index (χ3n) is 5.10. The van der Waals surface area contributed by atoms with Crippen molar-refractivity contribution in [3.63, 3.8) is 0 Å². The molecule has 2 amide bonds. The van der Waals surface area contributed by atoms with E-state index in [1.165, 1.54) is 32.5 Å². The van der Waals surface area contributed by atoms with E-state index in [2.05, 4.69) is 0 Å². The number of carbonyl (C=O) groups is 2. The van der Waals surface area contributed by atoms with E-state index in [4.69, 9.17) is 0 Å². The standard InChI is InChI=1S/C28H24N2O2S2/c1-21-13-9-11-19-25(21)33-29(23-15-5-3-6-16-23)27(31)28(32)30(24-17-7-4-8-18-24)34-26-20-12-10-14-22(26)2/h3-20H,1-2H3. The van der Waals surface area contributed by atoms with Crippen LogP contribution in [0.25, 0.3) is 0 Å². The number of hydrogen-bond acceptors (Lipinski definition) is 4. The molecule has 0 aliphatic carbocycles. The van der Waals surface area contributed by atoms with Gasteiger partial charge in [-0.15, -0.1) is 0 Å². The molecule has 4 nitrogen and oxygen atoms in total. The molecule has 0 heterocycles. The third-order valence-corrected chi connectivity index (χ3v) is 7.53. The van der Waals surface area contributed by atoms with Crippen LogP contribution in [0.5, 0.6) is 0 Å². The van der Waals surface area contributed by atoms with Gasteiger partial charge in [0.15, 0.2) is 0 Å². The lowest BCUT2D eigenvalue weighted by atomic mass is 10.2. The van der Waals surface area contributed by atoms with Gasteiger partial charge in [-0.2, -0.15) is 0 Å². The number of benzene rings is 4. The number of para-hydroxylation sites is 2. The fraction of sp³-hybridized carbons (Fsp3) is 0.0714. The van der Waals surface area contributed by atoms with Gasteiger partial charge in [0, 0.05) is 9.79 Å². The molecule has 0 saturated heterocycles. The number of rotatable bonds is 6. The van der Waals surface area contributed by atoms with E-state index in [1.807, 2.05) is 123 Å². The van der Waals surface area contributed by atoms with Crippen LogP contribution in [0.2, 0.25) is 0 Å². The lowest BCUT2D eigenvalue weighted by molar-refractivity contribution is -0.134. The highest BCUT2D eigenvalue weighted by atomic mass is 32.2. The predicted octanol–water partition coefficient (Wildman–Crippen LogP) is 7.08. The van der Waals surface area contributed by atoms with Crippen molar-refractivity contribution in [2.75, 3.05) is 8.61 Å². The molecule has 0 unspecified atom stereocenters. The van der Waals surface area contributed by atoms with Gasteiger partial charge in [0.1, 0.15) is 0 Å². The first kappa shape index (κ1) is 23.7. The first-order valence-corrected chi connectivity index (χ1v) is 12.3. The van der Waals surface area contributed by atoms with Gasteiger partial charge in [-0.25, -0.2) is 8.61 Å². The molecule has 170 valence electrons. The van der Waals surface area contributed by atoms with Gasteiger partial charge in [-0.3, -0.25) is 9.59 Å². The largest absolute Gasteiger partial charge is 0.328 e. The van der Waals surface area contributed by atoms with Crippen molar-refractivity contribution in [3.05, 3.63) is 120 Å². The minimum atomic E-state index is -0.621. The van der Waals surface area contributed by atoms with Gasteiger partial charge in [0.25, 0.3) is 0 Å². The van der Waals surface area contributed by atoms with Crippen LogP contribution in [0, 0.1) is 13.8 Å². The molecule has 0 bridgehead atoms. The van der Waals surface area contributed by atoms with E-state index in [-0.39, 0.29) is 0 Å². The van der Waals surface area contributed by atoms with Crippen molar-refractivity contribution < 1.29 is 9.59 Å². The smallest absolute Gasteiger partial charge is 0.262 e. The van der Waals surface area contributed by atoms with Crippen LogP contribution in [0.15, 0.2) is 119 Å². The van der Waals surface area contributed by atoms with Gasteiger partial charge >= 0.3 is 11.8 Å². The summed E-state index contributed by atoms with van der Waals surface area (Å²) in [5.41, 5.74) is 3.34. The van der Waals surface area contributed by atoms with Gasteiger partial charge < -0.3 is 0 Å². The molecule has 34 heavy (non-hydrogen) atoms. The Balaban J connectivity index is 1.71. The van der Waals surface area contributed by atoms with Crippen molar-refractivity contribution in [1.82, 2.24) is 0 Å². The number of anilines is 2. The Morgan fingerprint density at radius 3 is 1.18 bits per heavy atom. The third kappa shape index (κ3) is 5.53. The van der Waals surface area contributed by atoms with Gasteiger partial charge in [-0.1, -0.05) is 72.8 Å². The second-order valence-corrected chi connectivity index (χ2v) is 9.56. The lowest BCUT2D eigenvalue weighted by Crippen LogP contribution is -2.40. The fourth-order valence-electron chi connectivity index (χ4n) is 3.24. The number of nitrogens with zero attached hydrogens (tertiary/aromatic N) is 2. The summed E-state index contributed by atoms with van der Waals surface area (Å²) in [6.07, 6.45) is 0. The van der Waals surface area contributed by atoms with Crippen LogP contribution in [0.4, 0.5) is 11.4 Å². The molecule has 0 atom stereocenters. The second kappa shape index (κ2) is 11.1. The minimum absolute atomic E-state index is 0.621. The zero-order valence-corrected chi connectivity index (χ0v) is 20.6. The van der Waals surface area contributed by atoms with E-state index in [9.17, 15) is 9.59 Å². The molecular formula is C28H24N2O2S2. The van der Waals surface area contributed by atoms with Crippen LogP contribution >= 0.6 is 23.9 Å². The summed E-state index contributed by atoms with van der Waals surface area (Å²) in [7, 11) is 0. The van der Waals surface area contributed by atoms with Crippen LogP contribution in [-0.4, -0.2) is 11.8 Å². The molecule has 0 radical (unpaired) electrons. The molecule has 0 saturated carbocycles. The summed E-state index contributed by atoms with van der Waals surface area (Å²) >= 11 is 2.51. The first-order valence-electron chi connectivity index (χ1n) is 10.8. The Morgan fingerprint density at radius 1 is 0.500 bits per heavy atom. The molecule has 4 aromatic rings. The van der Waals surface area contributed by atoms with Crippen LogP contribution < -0.4 is 8.61 Å². The van der Waals surface area contributed by atoms with E-state index in [1.54, 1.807) is 0 Å². The lowest BCUT2D eigenvalue weighted by Gasteiger charge is -2.26. The van der Waals surface area contributed by atoms with Crippen molar-refractivity contribution in [1.29, 1.82) is 0 Å². The minimum Gasteiger partial charge on any atom is -0.262 e. The predicted molar refractivity (Wildman–Crippen MR) is 142 cm³/mol. The van der Waals surface area contributed by atoms with Crippen LogP contribution in [0.3, 0.4) is 0 Å². The van der Waals surface area contributed by atoms with E-state index < -0.39 is 11.8 Å². The molecule has 0 spiro atoms. The van der Waals surface area contributed by atoms with Gasteiger partial charge in [-0.05, 0) is 85.3 Å². The monoisotopic (exact) mass is 484 g/mol. The summed E-state index contributed by atoms with van der Waals surface area (Å²) in [5.74, 6) is -1.24. The SMILES string of the molecule is Cc1ccccc1SN(C(=O)C(=O)N(Sc1ccccc1C)c1ccccc1)c1ccccc1. The highest BCUT2D eigenvalue weighted by Crippen LogP contribution is 2.35. The van der Waals surface area contributed by atoms with E-state index in [0.717, 1.165) is 20.9 Å². The van der Waals surface area contributed by atoms with Crippen molar-refractivity contribution in [2.45, 2.75) is 23.6 Å². The van der Waals surface area contributed by atoms with Crippen LogP contribution in [0.1, 0.15) is 11.1 Å². The normalized spacial score (nSPS) is 10.5. The maximum atomic E-state index is 13.7. The summed E-state index contributed by atoms with van der Waals surface area (Å²) < 4.78 is 2.94. The average Bonchev–Trinajstić information content (AvgIpc) is 2.88. The van der Waals surface area contributed by atoms with E-state index in [0.29, 0.717) is 11.4 Å². The molecule has 0 aromatic heterocycles. The highest BCUT2D eigenvalue weighted by molar-refractivity contribution is 8.02. The molecule has 6 heteroatoms. The molecule has 4 rings (SSSR count). The number of carbonyl (C=O) groups excluding carboxylic acids is 2. The van der Waals surface area contributed by atoms with Crippen molar-refractivity contribution in [3.8, 4) is 0 Å². The Bertz CT molecular complexity index is 1180. The molecule has 0 fully saturated rings. The maximum absolute atomic E-state index is 13.7. The van der Waals surface area contributed by atoms with Crippen LogP contribution in [-0.2, 0) is 9.59 Å². The van der Waals surface area contributed by atoms with Crippen molar-refractivity contribution >= 4 is 47.1 Å².